The smallest absolute Gasteiger partial charge is 0.257 e. The van der Waals surface area contributed by atoms with Crippen molar-refractivity contribution in [2.24, 2.45) is 0 Å². The first-order valence-electron chi connectivity index (χ1n) is 6.01. The van der Waals surface area contributed by atoms with E-state index in [-0.39, 0.29) is 11.3 Å². The molecule has 0 bridgehead atoms. The minimum atomic E-state index is -0.518. The third-order valence-corrected chi connectivity index (χ3v) is 3.23. The van der Waals surface area contributed by atoms with Crippen LogP contribution in [0.4, 0.5) is 15.8 Å². The summed E-state index contributed by atoms with van der Waals surface area (Å²) in [4.78, 5) is 12.2. The molecule has 0 radical (unpaired) electrons. The van der Waals surface area contributed by atoms with Gasteiger partial charge in [0.15, 0.2) is 0 Å². The van der Waals surface area contributed by atoms with Crippen molar-refractivity contribution in [3.63, 3.8) is 0 Å². The average molecular weight is 293 g/mol. The van der Waals surface area contributed by atoms with E-state index in [1.54, 1.807) is 6.07 Å². The number of amides is 1. The number of carbonyl (C=O) groups is 1. The zero-order valence-electron chi connectivity index (χ0n) is 11.1. The van der Waals surface area contributed by atoms with Gasteiger partial charge in [-0.25, -0.2) is 4.39 Å². The molecule has 2 aromatic rings. The monoisotopic (exact) mass is 292 g/mol. The second-order valence-corrected chi connectivity index (χ2v) is 5.03. The molecule has 3 nitrogen and oxygen atoms in total. The summed E-state index contributed by atoms with van der Waals surface area (Å²) in [7, 11) is 0. The average Bonchev–Trinajstić information content (AvgIpc) is 2.36. The van der Waals surface area contributed by atoms with E-state index in [1.807, 2.05) is 19.9 Å². The molecular weight excluding hydrogens is 279 g/mol. The highest BCUT2D eigenvalue weighted by Crippen LogP contribution is 2.28. The molecule has 0 atom stereocenters. The molecule has 2 rings (SSSR count). The van der Waals surface area contributed by atoms with Crippen LogP contribution in [0, 0.1) is 19.7 Å². The van der Waals surface area contributed by atoms with Gasteiger partial charge in [0, 0.05) is 5.69 Å². The predicted molar refractivity (Wildman–Crippen MR) is 79.7 cm³/mol. The standard InChI is InChI=1S/C15H14ClFN2O/c1-8-5-9(2)14(12(16)6-8)19-15(20)11-7-10(17)3-4-13(11)18/h3-7H,18H2,1-2H3,(H,19,20). The van der Waals surface area contributed by atoms with E-state index in [1.165, 1.54) is 12.1 Å². The number of nitrogens with one attached hydrogen (secondary N) is 1. The van der Waals surface area contributed by atoms with E-state index in [0.29, 0.717) is 10.7 Å². The van der Waals surface area contributed by atoms with Crippen molar-refractivity contribution in [2.75, 3.05) is 11.1 Å². The first-order valence-corrected chi connectivity index (χ1v) is 6.39. The summed E-state index contributed by atoms with van der Waals surface area (Å²) < 4.78 is 13.2. The van der Waals surface area contributed by atoms with Gasteiger partial charge in [-0.2, -0.15) is 0 Å². The molecule has 0 aliphatic rings. The fraction of sp³-hybridized carbons (Fsp3) is 0.133. The van der Waals surface area contributed by atoms with Crippen LogP contribution in [0.5, 0.6) is 0 Å². The van der Waals surface area contributed by atoms with Crippen LogP contribution in [-0.4, -0.2) is 5.91 Å². The molecule has 0 heterocycles. The largest absolute Gasteiger partial charge is 0.398 e. The van der Waals surface area contributed by atoms with Crippen molar-refractivity contribution in [3.8, 4) is 0 Å². The van der Waals surface area contributed by atoms with Gasteiger partial charge in [0.2, 0.25) is 0 Å². The highest BCUT2D eigenvalue weighted by atomic mass is 35.5. The van der Waals surface area contributed by atoms with E-state index in [9.17, 15) is 9.18 Å². The summed E-state index contributed by atoms with van der Waals surface area (Å²) in [5.74, 6) is -1.01. The SMILES string of the molecule is Cc1cc(C)c(NC(=O)c2cc(F)ccc2N)c(Cl)c1. The maximum Gasteiger partial charge on any atom is 0.257 e. The lowest BCUT2D eigenvalue weighted by Crippen LogP contribution is -2.15. The third-order valence-electron chi connectivity index (χ3n) is 2.93. The van der Waals surface area contributed by atoms with E-state index < -0.39 is 11.7 Å². The van der Waals surface area contributed by atoms with Crippen molar-refractivity contribution in [3.05, 3.63) is 57.9 Å². The summed E-state index contributed by atoms with van der Waals surface area (Å²) in [6, 6.07) is 7.31. The lowest BCUT2D eigenvalue weighted by atomic mass is 10.1. The van der Waals surface area contributed by atoms with Crippen molar-refractivity contribution < 1.29 is 9.18 Å². The van der Waals surface area contributed by atoms with Crippen molar-refractivity contribution in [1.29, 1.82) is 0 Å². The van der Waals surface area contributed by atoms with E-state index >= 15 is 0 Å². The van der Waals surface area contributed by atoms with Crippen molar-refractivity contribution in [1.82, 2.24) is 0 Å². The lowest BCUT2D eigenvalue weighted by molar-refractivity contribution is 0.102. The Labute approximate surface area is 121 Å². The van der Waals surface area contributed by atoms with E-state index in [4.69, 9.17) is 17.3 Å². The summed E-state index contributed by atoms with van der Waals surface area (Å²) in [6.45, 7) is 3.75. The summed E-state index contributed by atoms with van der Waals surface area (Å²) in [6.07, 6.45) is 0. The van der Waals surface area contributed by atoms with Crippen LogP contribution < -0.4 is 11.1 Å². The number of hydrogen-bond donors (Lipinski definition) is 2. The third kappa shape index (κ3) is 2.91. The Hall–Kier alpha value is -2.07. The molecule has 104 valence electrons. The Morgan fingerprint density at radius 1 is 1.25 bits per heavy atom. The van der Waals surface area contributed by atoms with Crippen LogP contribution >= 0.6 is 11.6 Å². The molecule has 0 aliphatic carbocycles. The Morgan fingerprint density at radius 2 is 1.95 bits per heavy atom. The normalized spacial score (nSPS) is 10.4. The van der Waals surface area contributed by atoms with Crippen LogP contribution in [0.15, 0.2) is 30.3 Å². The molecule has 5 heteroatoms. The number of benzene rings is 2. The molecular formula is C15H14ClFN2O. The fourth-order valence-electron chi connectivity index (χ4n) is 1.98. The number of nitrogen functional groups attached to an aromatic ring is 1. The highest BCUT2D eigenvalue weighted by molar-refractivity contribution is 6.34. The molecule has 3 N–H and O–H groups in total. The molecule has 0 aliphatic heterocycles. The number of anilines is 2. The zero-order chi connectivity index (χ0) is 14.9. The molecule has 0 aromatic heterocycles. The lowest BCUT2D eigenvalue weighted by Gasteiger charge is -2.12. The fourth-order valence-corrected chi connectivity index (χ4v) is 2.35. The molecule has 20 heavy (non-hydrogen) atoms. The molecule has 1 amide bonds. The minimum absolute atomic E-state index is 0.0843. The van der Waals surface area contributed by atoms with Crippen LogP contribution in [0.2, 0.25) is 5.02 Å². The molecule has 2 aromatic carbocycles. The Bertz CT molecular complexity index is 663. The van der Waals surface area contributed by atoms with Gasteiger partial charge in [-0.1, -0.05) is 17.7 Å². The maximum absolute atomic E-state index is 13.2. The number of rotatable bonds is 2. The Balaban J connectivity index is 2.35. The van der Waals surface area contributed by atoms with E-state index in [2.05, 4.69) is 5.32 Å². The van der Waals surface area contributed by atoms with Crippen LogP contribution in [0.1, 0.15) is 21.5 Å². The Morgan fingerprint density at radius 3 is 2.60 bits per heavy atom. The summed E-state index contributed by atoms with van der Waals surface area (Å²) in [5.41, 5.74) is 8.31. The van der Waals surface area contributed by atoms with Gasteiger partial charge in [-0.15, -0.1) is 0 Å². The molecule has 0 fully saturated rings. The minimum Gasteiger partial charge on any atom is -0.398 e. The Kier molecular flexibility index (Phi) is 3.95. The number of nitrogens with two attached hydrogens (primary N) is 1. The van der Waals surface area contributed by atoms with Crippen molar-refractivity contribution in [2.45, 2.75) is 13.8 Å². The number of carbonyl (C=O) groups excluding carboxylic acids is 1. The molecule has 0 saturated heterocycles. The van der Waals surface area contributed by atoms with Gasteiger partial charge in [0.1, 0.15) is 5.82 Å². The molecule has 0 spiro atoms. The zero-order valence-corrected chi connectivity index (χ0v) is 11.9. The van der Waals surface area contributed by atoms with Gasteiger partial charge >= 0.3 is 0 Å². The van der Waals surface area contributed by atoms with Gasteiger partial charge in [0.05, 0.1) is 16.3 Å². The molecule has 0 saturated carbocycles. The van der Waals surface area contributed by atoms with Crippen LogP contribution in [0.3, 0.4) is 0 Å². The second-order valence-electron chi connectivity index (χ2n) is 4.62. The van der Waals surface area contributed by atoms with Gasteiger partial charge < -0.3 is 11.1 Å². The first kappa shape index (κ1) is 14.3. The number of aryl methyl sites for hydroxylation is 2. The maximum atomic E-state index is 13.2. The van der Waals surface area contributed by atoms with Crippen molar-refractivity contribution >= 4 is 28.9 Å². The highest BCUT2D eigenvalue weighted by Gasteiger charge is 2.14. The van der Waals surface area contributed by atoms with Gasteiger partial charge in [-0.05, 0) is 49.2 Å². The van der Waals surface area contributed by atoms with Gasteiger partial charge in [0.25, 0.3) is 5.91 Å². The second kappa shape index (κ2) is 5.51. The molecule has 0 unspecified atom stereocenters. The van der Waals surface area contributed by atoms with E-state index in [0.717, 1.165) is 17.2 Å². The number of halogens is 2. The van der Waals surface area contributed by atoms with Crippen LogP contribution in [0.25, 0.3) is 0 Å². The summed E-state index contributed by atoms with van der Waals surface area (Å²) >= 11 is 6.12. The van der Waals surface area contributed by atoms with Crippen LogP contribution in [-0.2, 0) is 0 Å². The summed E-state index contributed by atoms with van der Waals surface area (Å²) in [5, 5.41) is 3.11. The van der Waals surface area contributed by atoms with Gasteiger partial charge in [-0.3, -0.25) is 4.79 Å². The predicted octanol–water partition coefficient (Wildman–Crippen LogP) is 3.93. The first-order chi connectivity index (χ1) is 9.38. The quantitative estimate of drug-likeness (QED) is 0.824. The topological polar surface area (TPSA) is 55.1 Å². The number of hydrogen-bond acceptors (Lipinski definition) is 2.